The van der Waals surface area contributed by atoms with Gasteiger partial charge in [0, 0.05) is 0 Å². The van der Waals surface area contributed by atoms with Gasteiger partial charge in [-0.2, -0.15) is 0 Å². The SMILES string of the molecule is C/C=C\C(=O)/C=C\C(C)C[C@@H](C)CC(C)CC(C)O.CC.CC1(C)CCC[C@@]1(C)O. The molecule has 1 aliphatic carbocycles. The van der Waals surface area contributed by atoms with Gasteiger partial charge in [-0.3, -0.25) is 4.79 Å². The molecule has 2 N–H and O–H groups in total. The van der Waals surface area contributed by atoms with Crippen LogP contribution in [0, 0.1) is 23.2 Å². The number of hydrogen-bond donors (Lipinski definition) is 2. The van der Waals surface area contributed by atoms with Crippen molar-refractivity contribution in [3.8, 4) is 0 Å². The van der Waals surface area contributed by atoms with Gasteiger partial charge in [0.1, 0.15) is 0 Å². The monoisotopic (exact) mass is 424 g/mol. The normalized spacial score (nSPS) is 24.4. The van der Waals surface area contributed by atoms with Crippen molar-refractivity contribution in [3.05, 3.63) is 24.3 Å². The Labute approximate surface area is 188 Å². The van der Waals surface area contributed by atoms with Crippen molar-refractivity contribution in [1.29, 1.82) is 0 Å². The van der Waals surface area contributed by atoms with Crippen molar-refractivity contribution in [1.82, 2.24) is 0 Å². The van der Waals surface area contributed by atoms with Crippen LogP contribution in [-0.2, 0) is 4.79 Å². The molecule has 3 nitrogen and oxygen atoms in total. The van der Waals surface area contributed by atoms with Gasteiger partial charge in [0.2, 0.25) is 0 Å². The lowest BCUT2D eigenvalue weighted by molar-refractivity contribution is -0.110. The molecule has 0 heterocycles. The van der Waals surface area contributed by atoms with E-state index in [9.17, 15) is 15.0 Å². The molecular weight excluding hydrogens is 372 g/mol. The first-order valence-corrected chi connectivity index (χ1v) is 12.1. The fourth-order valence-corrected chi connectivity index (χ4v) is 4.14. The maximum Gasteiger partial charge on any atom is 0.177 e. The number of carbonyl (C=O) groups is 1. The molecule has 1 rings (SSSR count). The molecule has 0 bridgehead atoms. The van der Waals surface area contributed by atoms with E-state index in [1.54, 1.807) is 18.2 Å². The Hall–Kier alpha value is -0.930. The van der Waals surface area contributed by atoms with E-state index in [1.807, 2.05) is 40.7 Å². The zero-order chi connectivity index (χ0) is 24.0. The van der Waals surface area contributed by atoms with E-state index < -0.39 is 5.60 Å². The highest BCUT2D eigenvalue weighted by Crippen LogP contribution is 2.45. The van der Waals surface area contributed by atoms with Crippen LogP contribution in [0.1, 0.15) is 108 Å². The summed E-state index contributed by atoms with van der Waals surface area (Å²) < 4.78 is 0. The summed E-state index contributed by atoms with van der Waals surface area (Å²) in [5, 5.41) is 19.1. The van der Waals surface area contributed by atoms with E-state index in [0.717, 1.165) is 25.7 Å². The standard InChI is InChI=1S/C17H30O2.C8H16O.C2H6/c1-6-7-17(19)9-8-13(2)10-14(3)11-15(4)12-16(5)18;1-7(2)5-4-6-8(7,3)9;1-2/h6-9,13-16,18H,10-12H2,1-5H3;9H,4-6H2,1-3H3;1-2H3/b7-6-,9-8-;;/t13?,14-,15?,16?;8-;/m11./s1. The molecule has 1 fully saturated rings. The Morgan fingerprint density at radius 2 is 1.47 bits per heavy atom. The minimum absolute atomic E-state index is 0.0597. The average Bonchev–Trinajstić information content (AvgIpc) is 2.85. The van der Waals surface area contributed by atoms with E-state index >= 15 is 0 Å². The largest absolute Gasteiger partial charge is 0.393 e. The third kappa shape index (κ3) is 14.1. The van der Waals surface area contributed by atoms with Gasteiger partial charge in [0.15, 0.2) is 5.78 Å². The van der Waals surface area contributed by atoms with Gasteiger partial charge in [-0.1, -0.05) is 60.6 Å². The quantitative estimate of drug-likeness (QED) is 0.387. The second-order valence-corrected chi connectivity index (χ2v) is 10.0. The molecule has 1 aliphatic rings. The Bertz CT molecular complexity index is 486. The van der Waals surface area contributed by atoms with Gasteiger partial charge < -0.3 is 10.2 Å². The summed E-state index contributed by atoms with van der Waals surface area (Å²) in [5.74, 6) is 1.65. The summed E-state index contributed by atoms with van der Waals surface area (Å²) in [6.07, 6.45) is 13.2. The van der Waals surface area contributed by atoms with Crippen molar-refractivity contribution < 1.29 is 15.0 Å². The summed E-state index contributed by atoms with van der Waals surface area (Å²) in [6, 6.07) is 0. The number of aliphatic hydroxyl groups excluding tert-OH is 1. The van der Waals surface area contributed by atoms with Crippen LogP contribution in [-0.4, -0.2) is 27.7 Å². The van der Waals surface area contributed by atoms with Crippen LogP contribution in [0.5, 0.6) is 0 Å². The number of hydrogen-bond acceptors (Lipinski definition) is 3. The topological polar surface area (TPSA) is 57.5 Å². The minimum Gasteiger partial charge on any atom is -0.393 e. The molecule has 0 aromatic carbocycles. The number of aliphatic hydroxyl groups is 2. The van der Waals surface area contributed by atoms with Crippen LogP contribution in [0.25, 0.3) is 0 Å². The molecular formula is C27H52O3. The maximum absolute atomic E-state index is 11.3. The molecule has 0 aliphatic heterocycles. The molecule has 0 aromatic rings. The summed E-state index contributed by atoms with van der Waals surface area (Å²) >= 11 is 0. The smallest absolute Gasteiger partial charge is 0.177 e. The fraction of sp³-hybridized carbons (Fsp3) is 0.815. The highest BCUT2D eigenvalue weighted by Gasteiger charge is 2.43. The molecule has 0 aromatic heterocycles. The first-order chi connectivity index (χ1) is 13.8. The van der Waals surface area contributed by atoms with Crippen molar-refractivity contribution in [2.75, 3.05) is 0 Å². The van der Waals surface area contributed by atoms with Gasteiger partial charge in [0.05, 0.1) is 11.7 Å². The molecule has 0 radical (unpaired) electrons. The van der Waals surface area contributed by atoms with Crippen LogP contribution in [0.4, 0.5) is 0 Å². The summed E-state index contributed by atoms with van der Waals surface area (Å²) in [7, 11) is 0. The second kappa shape index (κ2) is 15.8. The third-order valence-electron chi connectivity index (χ3n) is 6.17. The van der Waals surface area contributed by atoms with Crippen LogP contribution >= 0.6 is 0 Å². The highest BCUT2D eigenvalue weighted by atomic mass is 16.3. The Kier molecular flexibility index (Phi) is 16.5. The van der Waals surface area contributed by atoms with Crippen molar-refractivity contribution in [3.63, 3.8) is 0 Å². The van der Waals surface area contributed by atoms with Gasteiger partial charge in [-0.15, -0.1) is 0 Å². The lowest BCUT2D eigenvalue weighted by Crippen LogP contribution is -2.35. The molecule has 0 saturated heterocycles. The first-order valence-electron chi connectivity index (χ1n) is 12.1. The Morgan fingerprint density at radius 1 is 0.933 bits per heavy atom. The lowest BCUT2D eigenvalue weighted by atomic mass is 9.79. The molecule has 30 heavy (non-hydrogen) atoms. The fourth-order valence-electron chi connectivity index (χ4n) is 4.14. The summed E-state index contributed by atoms with van der Waals surface area (Å²) in [6.45, 7) is 20.5. The lowest BCUT2D eigenvalue weighted by Gasteiger charge is -2.32. The van der Waals surface area contributed by atoms with E-state index in [2.05, 4.69) is 34.6 Å². The summed E-state index contributed by atoms with van der Waals surface area (Å²) in [5.41, 5.74) is -0.264. The maximum atomic E-state index is 11.3. The van der Waals surface area contributed by atoms with E-state index in [0.29, 0.717) is 17.8 Å². The van der Waals surface area contributed by atoms with Crippen LogP contribution in [0.15, 0.2) is 24.3 Å². The van der Waals surface area contributed by atoms with Gasteiger partial charge in [0.25, 0.3) is 0 Å². The van der Waals surface area contributed by atoms with Gasteiger partial charge in [-0.05, 0) is 94.6 Å². The molecule has 3 heteroatoms. The number of rotatable bonds is 9. The van der Waals surface area contributed by atoms with Crippen molar-refractivity contribution >= 4 is 5.78 Å². The summed E-state index contributed by atoms with van der Waals surface area (Å²) in [4.78, 5) is 11.3. The number of carbonyl (C=O) groups excluding carboxylic acids is 1. The van der Waals surface area contributed by atoms with Gasteiger partial charge in [-0.25, -0.2) is 0 Å². The zero-order valence-corrected chi connectivity index (χ0v) is 21.7. The third-order valence-corrected chi connectivity index (χ3v) is 6.17. The van der Waals surface area contributed by atoms with Crippen molar-refractivity contribution in [2.45, 2.75) is 119 Å². The van der Waals surface area contributed by atoms with E-state index in [4.69, 9.17) is 0 Å². The second-order valence-electron chi connectivity index (χ2n) is 10.0. The minimum atomic E-state index is -0.410. The van der Waals surface area contributed by atoms with Crippen LogP contribution in [0.3, 0.4) is 0 Å². The molecule has 5 atom stereocenters. The highest BCUT2D eigenvalue weighted by molar-refractivity contribution is 5.99. The average molecular weight is 425 g/mol. The zero-order valence-electron chi connectivity index (χ0n) is 21.7. The first kappa shape index (κ1) is 31.3. The van der Waals surface area contributed by atoms with Gasteiger partial charge >= 0.3 is 0 Å². The molecule has 1 saturated carbocycles. The Morgan fingerprint density at radius 3 is 1.83 bits per heavy atom. The predicted molar refractivity (Wildman–Crippen MR) is 132 cm³/mol. The van der Waals surface area contributed by atoms with Crippen LogP contribution in [0.2, 0.25) is 0 Å². The van der Waals surface area contributed by atoms with Crippen LogP contribution < -0.4 is 0 Å². The van der Waals surface area contributed by atoms with Crippen molar-refractivity contribution in [2.24, 2.45) is 23.2 Å². The predicted octanol–water partition coefficient (Wildman–Crippen LogP) is 7.12. The molecule has 0 spiro atoms. The number of ketones is 1. The number of allylic oxidation sites excluding steroid dienone is 4. The van der Waals surface area contributed by atoms with E-state index in [1.165, 1.54) is 12.8 Å². The molecule has 3 unspecified atom stereocenters. The molecule has 178 valence electrons. The van der Waals surface area contributed by atoms with E-state index in [-0.39, 0.29) is 17.3 Å². The molecule has 0 amide bonds. The Balaban J connectivity index is 0.